The number of rotatable bonds is 0. The third-order valence-corrected chi connectivity index (χ3v) is 1.34. The van der Waals surface area contributed by atoms with E-state index in [0.29, 0.717) is 0 Å². The van der Waals surface area contributed by atoms with Crippen molar-refractivity contribution < 1.29 is 10.2 Å². The van der Waals surface area contributed by atoms with Crippen LogP contribution in [0.4, 0.5) is 0 Å². The summed E-state index contributed by atoms with van der Waals surface area (Å²) < 4.78 is 0. The second kappa shape index (κ2) is 2.33. The molecule has 50 valence electrons. The van der Waals surface area contributed by atoms with Crippen LogP contribution in [0.3, 0.4) is 0 Å². The molecule has 0 amide bonds. The Bertz CT molecular complexity index is 158. The maximum Gasteiger partial charge on any atom is 0.102 e. The van der Waals surface area contributed by atoms with Crippen molar-refractivity contribution in [3.05, 3.63) is 23.8 Å². The minimum atomic E-state index is -0.714. The SMILES string of the molecule is CC1=C[C@@H](O)[C@@H](O)C=C1. The second-order valence-electron chi connectivity index (χ2n) is 2.25. The van der Waals surface area contributed by atoms with Gasteiger partial charge in [-0.25, -0.2) is 0 Å². The van der Waals surface area contributed by atoms with Crippen LogP contribution in [0.1, 0.15) is 6.92 Å². The Hall–Kier alpha value is -0.600. The van der Waals surface area contributed by atoms with E-state index >= 15 is 0 Å². The van der Waals surface area contributed by atoms with Crippen molar-refractivity contribution in [1.29, 1.82) is 0 Å². The van der Waals surface area contributed by atoms with Gasteiger partial charge in [-0.2, -0.15) is 0 Å². The molecule has 0 aliphatic heterocycles. The van der Waals surface area contributed by atoms with Gasteiger partial charge in [0.1, 0.15) is 12.2 Å². The van der Waals surface area contributed by atoms with Gasteiger partial charge in [0, 0.05) is 0 Å². The highest BCUT2D eigenvalue weighted by molar-refractivity contribution is 5.24. The lowest BCUT2D eigenvalue weighted by Crippen LogP contribution is -2.23. The summed E-state index contributed by atoms with van der Waals surface area (Å²) in [6, 6.07) is 0. The summed E-state index contributed by atoms with van der Waals surface area (Å²) in [5.74, 6) is 0. The molecule has 0 aromatic rings. The lowest BCUT2D eigenvalue weighted by molar-refractivity contribution is 0.0787. The quantitative estimate of drug-likeness (QED) is 0.487. The van der Waals surface area contributed by atoms with Crippen LogP contribution in [0, 0.1) is 0 Å². The summed E-state index contributed by atoms with van der Waals surface area (Å²) in [7, 11) is 0. The Morgan fingerprint density at radius 3 is 2.44 bits per heavy atom. The van der Waals surface area contributed by atoms with Crippen molar-refractivity contribution >= 4 is 0 Å². The summed E-state index contributed by atoms with van der Waals surface area (Å²) in [5.41, 5.74) is 0.993. The fourth-order valence-corrected chi connectivity index (χ4v) is 0.788. The topological polar surface area (TPSA) is 40.5 Å². The minimum Gasteiger partial charge on any atom is -0.386 e. The van der Waals surface area contributed by atoms with Crippen molar-refractivity contribution in [2.24, 2.45) is 0 Å². The van der Waals surface area contributed by atoms with E-state index in [0.717, 1.165) is 5.57 Å². The van der Waals surface area contributed by atoms with Gasteiger partial charge in [-0.15, -0.1) is 0 Å². The van der Waals surface area contributed by atoms with Gasteiger partial charge in [0.25, 0.3) is 0 Å². The molecule has 2 heteroatoms. The zero-order chi connectivity index (χ0) is 6.85. The Kier molecular flexibility index (Phi) is 1.69. The van der Waals surface area contributed by atoms with Crippen molar-refractivity contribution in [2.75, 3.05) is 0 Å². The molecule has 0 aromatic carbocycles. The van der Waals surface area contributed by atoms with Crippen LogP contribution in [0.2, 0.25) is 0 Å². The zero-order valence-electron chi connectivity index (χ0n) is 5.28. The van der Waals surface area contributed by atoms with Crippen LogP contribution in [0.25, 0.3) is 0 Å². The zero-order valence-corrected chi connectivity index (χ0v) is 5.28. The van der Waals surface area contributed by atoms with Gasteiger partial charge in [0.2, 0.25) is 0 Å². The van der Waals surface area contributed by atoms with E-state index in [2.05, 4.69) is 0 Å². The predicted molar refractivity (Wildman–Crippen MR) is 34.9 cm³/mol. The highest BCUT2D eigenvalue weighted by Gasteiger charge is 2.12. The fourth-order valence-electron chi connectivity index (χ4n) is 0.788. The molecular weight excluding hydrogens is 116 g/mol. The molecule has 9 heavy (non-hydrogen) atoms. The number of aliphatic hydroxyl groups is 2. The summed E-state index contributed by atoms with van der Waals surface area (Å²) >= 11 is 0. The van der Waals surface area contributed by atoms with Crippen molar-refractivity contribution in [3.63, 3.8) is 0 Å². The summed E-state index contributed by atoms with van der Waals surface area (Å²) in [4.78, 5) is 0. The second-order valence-corrected chi connectivity index (χ2v) is 2.25. The van der Waals surface area contributed by atoms with Crippen LogP contribution < -0.4 is 0 Å². The normalized spacial score (nSPS) is 34.3. The molecule has 0 spiro atoms. The largest absolute Gasteiger partial charge is 0.386 e. The summed E-state index contributed by atoms with van der Waals surface area (Å²) in [6.45, 7) is 1.88. The van der Waals surface area contributed by atoms with Crippen LogP contribution in [-0.2, 0) is 0 Å². The fraction of sp³-hybridized carbons (Fsp3) is 0.429. The Labute approximate surface area is 54.1 Å². The van der Waals surface area contributed by atoms with Gasteiger partial charge in [-0.05, 0) is 6.92 Å². The molecule has 0 saturated heterocycles. The molecule has 1 rings (SSSR count). The van der Waals surface area contributed by atoms with E-state index in [1.807, 2.05) is 6.92 Å². The van der Waals surface area contributed by atoms with Gasteiger partial charge >= 0.3 is 0 Å². The van der Waals surface area contributed by atoms with E-state index in [1.54, 1.807) is 18.2 Å². The van der Waals surface area contributed by atoms with E-state index in [4.69, 9.17) is 10.2 Å². The van der Waals surface area contributed by atoms with E-state index < -0.39 is 12.2 Å². The average molecular weight is 126 g/mol. The van der Waals surface area contributed by atoms with E-state index in [-0.39, 0.29) is 0 Å². The van der Waals surface area contributed by atoms with Crippen LogP contribution in [0.15, 0.2) is 23.8 Å². The maximum atomic E-state index is 8.97. The molecule has 2 nitrogen and oxygen atoms in total. The predicted octanol–water partition coefficient (Wildman–Crippen LogP) is 0.224. The van der Waals surface area contributed by atoms with Crippen LogP contribution in [-0.4, -0.2) is 22.4 Å². The molecule has 0 radical (unpaired) electrons. The van der Waals surface area contributed by atoms with Gasteiger partial charge in [0.15, 0.2) is 0 Å². The molecule has 2 N–H and O–H groups in total. The van der Waals surface area contributed by atoms with Gasteiger partial charge in [0.05, 0.1) is 0 Å². The van der Waals surface area contributed by atoms with Crippen molar-refractivity contribution in [2.45, 2.75) is 19.1 Å². The minimum absolute atomic E-state index is 0.713. The standard InChI is InChI=1S/C7H10O2/c1-5-2-3-6(8)7(9)4-5/h2-4,6-9H,1H3/t6-,7+/m0/s1. The number of allylic oxidation sites excluding steroid dienone is 2. The molecular formula is C7H10O2. The van der Waals surface area contributed by atoms with Crippen molar-refractivity contribution in [3.8, 4) is 0 Å². The first kappa shape index (κ1) is 6.52. The molecule has 0 unspecified atom stereocenters. The first-order chi connectivity index (χ1) is 4.20. The van der Waals surface area contributed by atoms with Gasteiger partial charge in [-0.1, -0.05) is 23.8 Å². The third-order valence-electron chi connectivity index (χ3n) is 1.34. The number of hydrogen-bond donors (Lipinski definition) is 2. The number of aliphatic hydroxyl groups excluding tert-OH is 2. The van der Waals surface area contributed by atoms with E-state index in [1.165, 1.54) is 0 Å². The Morgan fingerprint density at radius 1 is 1.33 bits per heavy atom. The summed E-state index contributed by atoms with van der Waals surface area (Å²) in [5, 5.41) is 17.9. The monoisotopic (exact) mass is 126 g/mol. The molecule has 0 fully saturated rings. The van der Waals surface area contributed by atoms with Crippen LogP contribution >= 0.6 is 0 Å². The highest BCUT2D eigenvalue weighted by atomic mass is 16.3. The maximum absolute atomic E-state index is 8.97. The molecule has 1 aliphatic rings. The van der Waals surface area contributed by atoms with Crippen molar-refractivity contribution in [1.82, 2.24) is 0 Å². The first-order valence-electron chi connectivity index (χ1n) is 2.93. The molecule has 0 bridgehead atoms. The van der Waals surface area contributed by atoms with E-state index in [9.17, 15) is 0 Å². The highest BCUT2D eigenvalue weighted by Crippen LogP contribution is 2.09. The smallest absolute Gasteiger partial charge is 0.102 e. The molecule has 0 saturated carbocycles. The summed E-state index contributed by atoms with van der Waals surface area (Å²) in [6.07, 6.45) is 3.57. The average Bonchev–Trinajstić information content (AvgIpc) is 1.80. The Morgan fingerprint density at radius 2 is 2.00 bits per heavy atom. The first-order valence-corrected chi connectivity index (χ1v) is 2.93. The Balaban J connectivity index is 2.70. The lowest BCUT2D eigenvalue weighted by atomic mass is 10.0. The number of hydrogen-bond acceptors (Lipinski definition) is 2. The molecule has 2 atom stereocenters. The third kappa shape index (κ3) is 1.40. The van der Waals surface area contributed by atoms with Gasteiger partial charge < -0.3 is 10.2 Å². The molecule has 1 aliphatic carbocycles. The van der Waals surface area contributed by atoms with Gasteiger partial charge in [-0.3, -0.25) is 0 Å². The van der Waals surface area contributed by atoms with Crippen LogP contribution in [0.5, 0.6) is 0 Å². The lowest BCUT2D eigenvalue weighted by Gasteiger charge is -2.14. The molecule has 0 heterocycles. The molecule has 0 aromatic heterocycles.